The van der Waals surface area contributed by atoms with E-state index < -0.39 is 34.5 Å². The summed E-state index contributed by atoms with van der Waals surface area (Å²) in [5.41, 5.74) is 0.0204. The Morgan fingerprint density at radius 2 is 1.65 bits per heavy atom. The van der Waals surface area contributed by atoms with Crippen LogP contribution in [0.15, 0.2) is 82.4 Å². The second kappa shape index (κ2) is 9.62. The van der Waals surface area contributed by atoms with Gasteiger partial charge in [0.25, 0.3) is 11.5 Å². The number of benzene rings is 3. The van der Waals surface area contributed by atoms with Crippen molar-refractivity contribution in [2.24, 2.45) is 0 Å². The molecule has 9 heteroatoms. The van der Waals surface area contributed by atoms with Crippen LogP contribution < -0.4 is 16.6 Å². The van der Waals surface area contributed by atoms with E-state index >= 15 is 0 Å². The summed E-state index contributed by atoms with van der Waals surface area (Å²) in [5, 5.41) is 6.63. The first-order valence-corrected chi connectivity index (χ1v) is 10.4. The molecule has 0 bridgehead atoms. The fraction of sp³-hybridized carbons (Fsp3) is 0.120. The maximum absolute atomic E-state index is 13.7. The van der Waals surface area contributed by atoms with E-state index in [1.165, 1.54) is 42.5 Å². The van der Waals surface area contributed by atoms with Crippen molar-refractivity contribution >= 4 is 5.91 Å². The Balaban J connectivity index is 1.77. The lowest BCUT2D eigenvalue weighted by molar-refractivity contribution is 0.0941. The van der Waals surface area contributed by atoms with Crippen LogP contribution in [0.25, 0.3) is 5.69 Å². The lowest BCUT2D eigenvalue weighted by Gasteiger charge is -2.13. The number of carbonyl (C=O) groups excluding carboxylic acids is 1. The van der Waals surface area contributed by atoms with Crippen molar-refractivity contribution in [1.82, 2.24) is 19.7 Å². The summed E-state index contributed by atoms with van der Waals surface area (Å²) >= 11 is 0. The van der Waals surface area contributed by atoms with Gasteiger partial charge in [-0.1, -0.05) is 36.4 Å². The quantitative estimate of drug-likeness (QED) is 0.478. The molecule has 0 fully saturated rings. The van der Waals surface area contributed by atoms with E-state index in [-0.39, 0.29) is 13.1 Å². The molecule has 1 amide bonds. The lowest BCUT2D eigenvalue weighted by atomic mass is 10.2. The van der Waals surface area contributed by atoms with Crippen LogP contribution in [0, 0.1) is 18.6 Å². The van der Waals surface area contributed by atoms with Crippen molar-refractivity contribution in [3.05, 3.63) is 128 Å². The SMILES string of the molecule is Cc1cccc(-n2nc(C(=O)NCc3ccc(F)cc3)c(=O)n(Cc3cccc(F)c3)c2=O)c1. The second-order valence-corrected chi connectivity index (χ2v) is 7.71. The molecule has 1 aromatic heterocycles. The first-order valence-electron chi connectivity index (χ1n) is 10.4. The third kappa shape index (κ3) is 4.98. The van der Waals surface area contributed by atoms with Crippen LogP contribution in [0.1, 0.15) is 27.2 Å². The molecule has 1 heterocycles. The summed E-state index contributed by atoms with van der Waals surface area (Å²) in [6.07, 6.45) is 0. The van der Waals surface area contributed by atoms with Crippen LogP contribution in [0.5, 0.6) is 0 Å². The number of nitrogens with zero attached hydrogens (tertiary/aromatic N) is 3. The predicted octanol–water partition coefficient (Wildman–Crippen LogP) is 2.96. The van der Waals surface area contributed by atoms with E-state index in [1.807, 2.05) is 13.0 Å². The monoisotopic (exact) mass is 462 g/mol. The summed E-state index contributed by atoms with van der Waals surface area (Å²) in [6, 6.07) is 17.8. The van der Waals surface area contributed by atoms with E-state index in [9.17, 15) is 23.2 Å². The number of aromatic nitrogens is 3. The Bertz CT molecular complexity index is 1480. The molecule has 0 atom stereocenters. The highest BCUT2D eigenvalue weighted by Crippen LogP contribution is 2.08. The van der Waals surface area contributed by atoms with Crippen LogP contribution in [0.4, 0.5) is 8.78 Å². The van der Waals surface area contributed by atoms with Crippen molar-refractivity contribution in [1.29, 1.82) is 0 Å². The van der Waals surface area contributed by atoms with Gasteiger partial charge in [0.15, 0.2) is 0 Å². The largest absolute Gasteiger partial charge is 0.352 e. The summed E-state index contributed by atoms with van der Waals surface area (Å²) in [7, 11) is 0. The van der Waals surface area contributed by atoms with Gasteiger partial charge < -0.3 is 5.32 Å². The fourth-order valence-corrected chi connectivity index (χ4v) is 3.41. The zero-order chi connectivity index (χ0) is 24.2. The number of hydrogen-bond donors (Lipinski definition) is 1. The molecule has 0 aliphatic carbocycles. The average Bonchev–Trinajstić information content (AvgIpc) is 2.81. The molecule has 4 aromatic rings. The van der Waals surface area contributed by atoms with E-state index in [0.29, 0.717) is 16.8 Å². The Kier molecular flexibility index (Phi) is 6.44. The molecule has 0 radical (unpaired) electrons. The second-order valence-electron chi connectivity index (χ2n) is 7.71. The first-order chi connectivity index (χ1) is 16.3. The van der Waals surface area contributed by atoms with Crippen LogP contribution in [-0.4, -0.2) is 20.3 Å². The van der Waals surface area contributed by atoms with Crippen molar-refractivity contribution in [3.63, 3.8) is 0 Å². The molecule has 0 aliphatic rings. The van der Waals surface area contributed by atoms with Gasteiger partial charge in [-0.2, -0.15) is 9.78 Å². The number of aryl methyl sites for hydroxylation is 1. The summed E-state index contributed by atoms with van der Waals surface area (Å²) in [4.78, 5) is 39.2. The Hall–Kier alpha value is -4.40. The first kappa shape index (κ1) is 22.8. The molecule has 7 nitrogen and oxygen atoms in total. The molecule has 0 spiro atoms. The van der Waals surface area contributed by atoms with E-state index in [0.717, 1.165) is 14.8 Å². The Morgan fingerprint density at radius 3 is 2.35 bits per heavy atom. The highest BCUT2D eigenvalue weighted by Gasteiger charge is 2.20. The third-order valence-corrected chi connectivity index (χ3v) is 5.12. The molecule has 0 aliphatic heterocycles. The van der Waals surface area contributed by atoms with Crippen molar-refractivity contribution in [2.75, 3.05) is 0 Å². The summed E-state index contributed by atoms with van der Waals surface area (Å²) in [5.74, 6) is -1.73. The standard InChI is InChI=1S/C25H20F2N4O3/c1-16-4-2-7-21(12-16)31-25(34)30(15-18-5-3-6-20(27)13-18)24(33)22(29-31)23(32)28-14-17-8-10-19(26)11-9-17/h2-13H,14-15H2,1H3,(H,28,32). The van der Waals surface area contributed by atoms with Gasteiger partial charge in [0.2, 0.25) is 5.69 Å². The van der Waals surface area contributed by atoms with Gasteiger partial charge in [0.05, 0.1) is 12.2 Å². The lowest BCUT2D eigenvalue weighted by Crippen LogP contribution is -2.46. The highest BCUT2D eigenvalue weighted by atomic mass is 19.1. The fourth-order valence-electron chi connectivity index (χ4n) is 3.41. The number of hydrogen-bond acceptors (Lipinski definition) is 4. The van der Waals surface area contributed by atoms with Gasteiger partial charge in [-0.05, 0) is 60.0 Å². The molecule has 0 saturated heterocycles. The van der Waals surface area contributed by atoms with E-state index in [1.54, 1.807) is 24.3 Å². The van der Waals surface area contributed by atoms with Gasteiger partial charge in [0.1, 0.15) is 11.6 Å². The molecule has 172 valence electrons. The van der Waals surface area contributed by atoms with Crippen LogP contribution in [0.2, 0.25) is 0 Å². The van der Waals surface area contributed by atoms with Crippen LogP contribution in [-0.2, 0) is 13.1 Å². The maximum Gasteiger partial charge on any atom is 0.352 e. The third-order valence-electron chi connectivity index (χ3n) is 5.12. The average molecular weight is 462 g/mol. The highest BCUT2D eigenvalue weighted by molar-refractivity contribution is 5.91. The molecule has 4 rings (SSSR count). The summed E-state index contributed by atoms with van der Waals surface area (Å²) < 4.78 is 28.6. The molecule has 3 aromatic carbocycles. The van der Waals surface area contributed by atoms with Crippen molar-refractivity contribution in [2.45, 2.75) is 20.0 Å². The van der Waals surface area contributed by atoms with E-state index in [2.05, 4.69) is 10.4 Å². The molecule has 0 saturated carbocycles. The van der Waals surface area contributed by atoms with Crippen LogP contribution in [0.3, 0.4) is 0 Å². The number of rotatable bonds is 6. The van der Waals surface area contributed by atoms with Crippen molar-refractivity contribution in [3.8, 4) is 5.69 Å². The van der Waals surface area contributed by atoms with Gasteiger partial charge in [-0.15, -0.1) is 0 Å². The van der Waals surface area contributed by atoms with Gasteiger partial charge in [-0.3, -0.25) is 14.2 Å². The zero-order valence-electron chi connectivity index (χ0n) is 18.2. The number of nitrogens with one attached hydrogen (secondary N) is 1. The molecular weight excluding hydrogens is 442 g/mol. The number of halogens is 2. The Labute approximate surface area is 192 Å². The van der Waals surface area contributed by atoms with E-state index in [4.69, 9.17) is 0 Å². The minimum Gasteiger partial charge on any atom is -0.346 e. The molecule has 34 heavy (non-hydrogen) atoms. The minimum absolute atomic E-state index is 0.0215. The topological polar surface area (TPSA) is 86.0 Å². The smallest absolute Gasteiger partial charge is 0.346 e. The van der Waals surface area contributed by atoms with Crippen LogP contribution >= 0.6 is 0 Å². The zero-order valence-corrected chi connectivity index (χ0v) is 18.2. The van der Waals surface area contributed by atoms with Crippen molar-refractivity contribution < 1.29 is 13.6 Å². The molecular formula is C25H20F2N4O3. The maximum atomic E-state index is 13.7. The number of amides is 1. The normalized spacial score (nSPS) is 10.8. The predicted molar refractivity (Wildman–Crippen MR) is 122 cm³/mol. The molecule has 1 N–H and O–H groups in total. The number of carbonyl (C=O) groups is 1. The van der Waals surface area contributed by atoms with Gasteiger partial charge >= 0.3 is 5.69 Å². The summed E-state index contributed by atoms with van der Waals surface area (Å²) in [6.45, 7) is 1.60. The Morgan fingerprint density at radius 1 is 0.912 bits per heavy atom. The van der Waals surface area contributed by atoms with Gasteiger partial charge in [0, 0.05) is 6.54 Å². The van der Waals surface area contributed by atoms with Gasteiger partial charge in [-0.25, -0.2) is 13.6 Å². The minimum atomic E-state index is -0.908. The molecule has 0 unspecified atom stereocenters.